The van der Waals surface area contributed by atoms with E-state index in [0.29, 0.717) is 6.54 Å². The van der Waals surface area contributed by atoms with Crippen LogP contribution in [-0.2, 0) is 11.2 Å². The Morgan fingerprint density at radius 1 is 1.37 bits per heavy atom. The maximum absolute atomic E-state index is 13.4. The van der Waals surface area contributed by atoms with Crippen molar-refractivity contribution in [2.45, 2.75) is 26.2 Å². The van der Waals surface area contributed by atoms with Gasteiger partial charge >= 0.3 is 0 Å². The number of piperidine rings is 1. The van der Waals surface area contributed by atoms with E-state index in [0.717, 1.165) is 43.6 Å². The van der Waals surface area contributed by atoms with Gasteiger partial charge in [-0.15, -0.1) is 0 Å². The van der Waals surface area contributed by atoms with Crippen LogP contribution in [0.5, 0.6) is 0 Å². The van der Waals surface area contributed by atoms with Crippen molar-refractivity contribution in [3.8, 4) is 0 Å². The van der Waals surface area contributed by atoms with Gasteiger partial charge in [-0.05, 0) is 50.0 Å². The second kappa shape index (κ2) is 4.60. The molecule has 0 spiro atoms. The maximum Gasteiger partial charge on any atom is 0.233 e. The second-order valence-corrected chi connectivity index (χ2v) is 5.79. The van der Waals surface area contributed by atoms with Crippen LogP contribution in [0.15, 0.2) is 18.2 Å². The van der Waals surface area contributed by atoms with Crippen molar-refractivity contribution in [3.05, 3.63) is 29.6 Å². The average Bonchev–Trinajstić information content (AvgIpc) is 2.81. The van der Waals surface area contributed by atoms with Gasteiger partial charge in [0.25, 0.3) is 0 Å². The van der Waals surface area contributed by atoms with Gasteiger partial charge in [-0.1, -0.05) is 13.0 Å². The van der Waals surface area contributed by atoms with E-state index in [-0.39, 0.29) is 17.1 Å². The molecule has 1 aromatic carbocycles. The summed E-state index contributed by atoms with van der Waals surface area (Å²) in [5.41, 5.74) is 1.54. The fraction of sp³-hybridized carbons (Fsp3) is 0.533. The quantitative estimate of drug-likeness (QED) is 0.840. The molecule has 1 N–H and O–H groups in total. The molecule has 0 unspecified atom stereocenters. The molecule has 3 nitrogen and oxygen atoms in total. The summed E-state index contributed by atoms with van der Waals surface area (Å²) in [7, 11) is 0. The Morgan fingerprint density at radius 3 is 2.84 bits per heavy atom. The summed E-state index contributed by atoms with van der Waals surface area (Å²) in [6.45, 7) is 4.48. The molecular weight excluding hydrogens is 243 g/mol. The number of nitrogens with one attached hydrogen (secondary N) is 1. The lowest BCUT2D eigenvalue weighted by Gasteiger charge is -2.36. The second-order valence-electron chi connectivity index (χ2n) is 5.79. The molecule has 3 rings (SSSR count). The first-order valence-corrected chi connectivity index (χ1v) is 6.91. The van der Waals surface area contributed by atoms with Gasteiger partial charge < -0.3 is 10.2 Å². The highest BCUT2D eigenvalue weighted by Crippen LogP contribution is 2.36. The number of nitrogens with zero attached hydrogens (tertiary/aromatic N) is 1. The average molecular weight is 262 g/mol. The van der Waals surface area contributed by atoms with Gasteiger partial charge in [-0.2, -0.15) is 0 Å². The molecule has 0 atom stereocenters. The number of hydrogen-bond acceptors (Lipinski definition) is 2. The van der Waals surface area contributed by atoms with Crippen LogP contribution in [0.4, 0.5) is 10.1 Å². The lowest BCUT2D eigenvalue weighted by Crippen LogP contribution is -2.47. The molecule has 0 radical (unpaired) electrons. The van der Waals surface area contributed by atoms with E-state index in [1.165, 1.54) is 12.1 Å². The summed E-state index contributed by atoms with van der Waals surface area (Å²) in [6.07, 6.45) is 2.54. The summed E-state index contributed by atoms with van der Waals surface area (Å²) in [4.78, 5) is 14.6. The van der Waals surface area contributed by atoms with E-state index >= 15 is 0 Å². The number of anilines is 1. The molecule has 0 saturated carbocycles. The predicted molar refractivity (Wildman–Crippen MR) is 72.7 cm³/mol. The zero-order valence-electron chi connectivity index (χ0n) is 11.2. The molecule has 2 aliphatic rings. The van der Waals surface area contributed by atoms with Gasteiger partial charge in [0, 0.05) is 17.6 Å². The number of hydrogen-bond donors (Lipinski definition) is 1. The highest BCUT2D eigenvalue weighted by atomic mass is 19.1. The SMILES string of the molecule is CC1(C(=O)N2CCc3ccc(F)cc32)CCNCC1. The molecule has 4 heteroatoms. The highest BCUT2D eigenvalue weighted by molar-refractivity contribution is 5.99. The minimum absolute atomic E-state index is 0.151. The number of halogens is 1. The molecule has 1 fully saturated rings. The number of benzene rings is 1. The van der Waals surface area contributed by atoms with Gasteiger partial charge in [-0.3, -0.25) is 4.79 Å². The van der Waals surface area contributed by atoms with E-state index in [9.17, 15) is 9.18 Å². The Hall–Kier alpha value is -1.42. The molecule has 0 aromatic heterocycles. The monoisotopic (exact) mass is 262 g/mol. The van der Waals surface area contributed by atoms with Gasteiger partial charge in [0.05, 0.1) is 0 Å². The number of carbonyl (C=O) groups excluding carboxylic acids is 1. The fourth-order valence-electron chi connectivity index (χ4n) is 3.08. The van der Waals surface area contributed by atoms with Crippen molar-refractivity contribution in [2.24, 2.45) is 5.41 Å². The Morgan fingerprint density at radius 2 is 2.11 bits per heavy atom. The minimum Gasteiger partial charge on any atom is -0.317 e. The molecule has 1 aromatic rings. The number of carbonyl (C=O) groups is 1. The van der Waals surface area contributed by atoms with Crippen molar-refractivity contribution in [1.82, 2.24) is 5.32 Å². The third-order valence-electron chi connectivity index (χ3n) is 4.41. The van der Waals surface area contributed by atoms with E-state index < -0.39 is 0 Å². The molecule has 102 valence electrons. The Kier molecular flexibility index (Phi) is 3.05. The Bertz CT molecular complexity index is 509. The summed E-state index contributed by atoms with van der Waals surface area (Å²) < 4.78 is 13.4. The first kappa shape index (κ1) is 12.6. The first-order chi connectivity index (χ1) is 9.10. The summed E-state index contributed by atoms with van der Waals surface area (Å²) >= 11 is 0. The van der Waals surface area contributed by atoms with Crippen LogP contribution in [0.25, 0.3) is 0 Å². The van der Waals surface area contributed by atoms with E-state index in [1.54, 1.807) is 11.0 Å². The Labute approximate surface area is 112 Å². The van der Waals surface area contributed by atoms with Crippen LogP contribution in [0, 0.1) is 11.2 Å². The molecule has 2 aliphatic heterocycles. The number of rotatable bonds is 1. The van der Waals surface area contributed by atoms with Crippen molar-refractivity contribution < 1.29 is 9.18 Å². The lowest BCUT2D eigenvalue weighted by molar-refractivity contribution is -0.128. The van der Waals surface area contributed by atoms with Crippen LogP contribution < -0.4 is 10.2 Å². The Balaban J connectivity index is 1.88. The van der Waals surface area contributed by atoms with Crippen molar-refractivity contribution in [2.75, 3.05) is 24.5 Å². The first-order valence-electron chi connectivity index (χ1n) is 6.91. The van der Waals surface area contributed by atoms with Crippen molar-refractivity contribution >= 4 is 11.6 Å². The molecule has 2 heterocycles. The van der Waals surface area contributed by atoms with E-state index in [4.69, 9.17) is 0 Å². The smallest absolute Gasteiger partial charge is 0.233 e. The van der Waals surface area contributed by atoms with E-state index in [1.807, 2.05) is 6.92 Å². The van der Waals surface area contributed by atoms with E-state index in [2.05, 4.69) is 5.32 Å². The lowest BCUT2D eigenvalue weighted by atomic mass is 9.79. The van der Waals surface area contributed by atoms with Gasteiger partial charge in [0.1, 0.15) is 5.82 Å². The maximum atomic E-state index is 13.4. The molecular formula is C15H19FN2O. The summed E-state index contributed by atoms with van der Waals surface area (Å²) in [5.74, 6) is -0.118. The molecule has 19 heavy (non-hydrogen) atoms. The normalized spacial score (nSPS) is 21.3. The van der Waals surface area contributed by atoms with Crippen LogP contribution >= 0.6 is 0 Å². The van der Waals surface area contributed by atoms with Gasteiger partial charge in [-0.25, -0.2) is 4.39 Å². The van der Waals surface area contributed by atoms with Crippen molar-refractivity contribution in [1.29, 1.82) is 0 Å². The minimum atomic E-state index is -0.306. The number of amides is 1. The molecule has 1 saturated heterocycles. The third-order valence-corrected chi connectivity index (χ3v) is 4.41. The largest absolute Gasteiger partial charge is 0.317 e. The molecule has 1 amide bonds. The highest BCUT2D eigenvalue weighted by Gasteiger charge is 2.40. The number of fused-ring (bicyclic) bond motifs is 1. The van der Waals surface area contributed by atoms with Crippen LogP contribution in [-0.4, -0.2) is 25.5 Å². The molecule has 0 aliphatic carbocycles. The summed E-state index contributed by atoms with van der Waals surface area (Å²) in [6, 6.07) is 4.76. The zero-order chi connectivity index (χ0) is 13.5. The third kappa shape index (κ3) is 2.14. The van der Waals surface area contributed by atoms with Crippen LogP contribution in [0.1, 0.15) is 25.3 Å². The fourth-order valence-corrected chi connectivity index (χ4v) is 3.08. The van der Waals surface area contributed by atoms with Crippen molar-refractivity contribution in [3.63, 3.8) is 0 Å². The zero-order valence-corrected chi connectivity index (χ0v) is 11.2. The topological polar surface area (TPSA) is 32.3 Å². The standard InChI is InChI=1S/C15H19FN2O/c1-15(5-7-17-8-6-15)14(19)18-9-4-11-2-3-12(16)10-13(11)18/h2-3,10,17H,4-9H2,1H3. The van der Waals surface area contributed by atoms with Gasteiger partial charge in [0.15, 0.2) is 0 Å². The van der Waals surface area contributed by atoms with Gasteiger partial charge in [0.2, 0.25) is 5.91 Å². The molecule has 0 bridgehead atoms. The van der Waals surface area contributed by atoms with Crippen LogP contribution in [0.3, 0.4) is 0 Å². The predicted octanol–water partition coefficient (Wildman–Crippen LogP) is 2.10. The van der Waals surface area contributed by atoms with Crippen LogP contribution in [0.2, 0.25) is 0 Å². The summed E-state index contributed by atoms with van der Waals surface area (Å²) in [5, 5.41) is 3.28.